The molecule has 1 N–H and O–H groups in total. The number of halogens is 3. The van der Waals surface area contributed by atoms with E-state index in [1.807, 2.05) is 81.4 Å². The largest absolute Gasteiger partial charge is 0.404 e. The van der Waals surface area contributed by atoms with Crippen molar-refractivity contribution in [2.45, 2.75) is 45.0 Å². The Kier molecular flexibility index (Phi) is 6.55. The highest BCUT2D eigenvalue weighted by molar-refractivity contribution is 6.99. The van der Waals surface area contributed by atoms with Gasteiger partial charge >= 0.3 is 6.18 Å². The van der Waals surface area contributed by atoms with Gasteiger partial charge in [0.05, 0.1) is 12.7 Å². The molecule has 0 saturated heterocycles. The summed E-state index contributed by atoms with van der Waals surface area (Å²) in [5, 5.41) is 10.8. The van der Waals surface area contributed by atoms with Crippen LogP contribution < -0.4 is 10.4 Å². The van der Waals surface area contributed by atoms with E-state index in [2.05, 4.69) is 0 Å². The van der Waals surface area contributed by atoms with E-state index >= 15 is 0 Å². The normalized spacial score (nSPS) is 15.4. The van der Waals surface area contributed by atoms with Gasteiger partial charge in [0.25, 0.3) is 8.32 Å². The zero-order valence-electron chi connectivity index (χ0n) is 16.1. The highest BCUT2D eigenvalue weighted by atomic mass is 28.4. The second-order valence-electron chi connectivity index (χ2n) is 7.82. The van der Waals surface area contributed by atoms with Crippen molar-refractivity contribution < 1.29 is 22.7 Å². The van der Waals surface area contributed by atoms with Crippen LogP contribution in [0.1, 0.15) is 27.7 Å². The van der Waals surface area contributed by atoms with Crippen LogP contribution >= 0.6 is 0 Å². The molecule has 6 heteroatoms. The lowest BCUT2D eigenvalue weighted by atomic mass is 10.1. The maximum atomic E-state index is 13.4. The van der Waals surface area contributed by atoms with Gasteiger partial charge < -0.3 is 9.53 Å². The van der Waals surface area contributed by atoms with Gasteiger partial charge in [-0.25, -0.2) is 0 Å². The molecule has 2 atom stereocenters. The Balaban J connectivity index is 2.66. The standard InChI is InChI=1S/C21H27F3O2Si/c1-16(19(15-25)21(22,23)24)26-27(20(2,3)4,17-11-7-5-8-12-17)18-13-9-6-10-14-18/h5-14,16,19,25H,15H2,1-4H3. The summed E-state index contributed by atoms with van der Waals surface area (Å²) in [4.78, 5) is 0. The van der Waals surface area contributed by atoms with Gasteiger partial charge in [0.15, 0.2) is 0 Å². The zero-order valence-corrected chi connectivity index (χ0v) is 17.1. The van der Waals surface area contributed by atoms with Crippen molar-refractivity contribution in [3.05, 3.63) is 60.7 Å². The van der Waals surface area contributed by atoms with E-state index in [1.165, 1.54) is 6.92 Å². The lowest BCUT2D eigenvalue weighted by Crippen LogP contribution is -2.68. The van der Waals surface area contributed by atoms with E-state index in [0.717, 1.165) is 10.4 Å². The molecule has 0 spiro atoms. The first-order valence-corrected chi connectivity index (χ1v) is 10.9. The van der Waals surface area contributed by atoms with E-state index in [9.17, 15) is 18.3 Å². The minimum atomic E-state index is -4.53. The first-order chi connectivity index (χ1) is 12.5. The fraction of sp³-hybridized carbons (Fsp3) is 0.429. The van der Waals surface area contributed by atoms with Crippen molar-refractivity contribution in [1.29, 1.82) is 0 Å². The lowest BCUT2D eigenvalue weighted by Gasteiger charge is -2.45. The van der Waals surface area contributed by atoms with Gasteiger partial charge in [0, 0.05) is 0 Å². The quantitative estimate of drug-likeness (QED) is 0.745. The van der Waals surface area contributed by atoms with Crippen LogP contribution in [0.3, 0.4) is 0 Å². The van der Waals surface area contributed by atoms with Crippen molar-refractivity contribution in [1.82, 2.24) is 0 Å². The molecule has 0 aliphatic rings. The first-order valence-electron chi connectivity index (χ1n) is 9.00. The molecule has 2 aromatic rings. The second kappa shape index (κ2) is 8.16. The number of hydrogen-bond acceptors (Lipinski definition) is 2. The SMILES string of the molecule is CC(O[Si](c1ccccc1)(c1ccccc1)C(C)(C)C)C(CO)C(F)(F)F. The fourth-order valence-electron chi connectivity index (χ4n) is 3.57. The zero-order chi connectivity index (χ0) is 20.3. The average molecular weight is 397 g/mol. The molecular weight excluding hydrogens is 369 g/mol. The highest BCUT2D eigenvalue weighted by Crippen LogP contribution is 2.40. The Bertz CT molecular complexity index is 672. The number of rotatable bonds is 6. The van der Waals surface area contributed by atoms with Crippen LogP contribution in [0.25, 0.3) is 0 Å². The van der Waals surface area contributed by atoms with Crippen molar-refractivity contribution in [2.24, 2.45) is 5.92 Å². The summed E-state index contributed by atoms with van der Waals surface area (Å²) in [6.07, 6.45) is -5.71. The smallest absolute Gasteiger partial charge is 0.396 e. The number of aliphatic hydroxyl groups is 1. The third kappa shape index (κ3) is 4.45. The van der Waals surface area contributed by atoms with Crippen LogP contribution in [0.15, 0.2) is 60.7 Å². The summed E-state index contributed by atoms with van der Waals surface area (Å²) in [6, 6.07) is 19.0. The van der Waals surface area contributed by atoms with Gasteiger partial charge in [-0.1, -0.05) is 81.4 Å². The van der Waals surface area contributed by atoms with Gasteiger partial charge in [0.2, 0.25) is 0 Å². The van der Waals surface area contributed by atoms with Crippen molar-refractivity contribution >= 4 is 18.7 Å². The minimum Gasteiger partial charge on any atom is -0.404 e. The predicted octanol–water partition coefficient (Wildman–Crippen LogP) is 4.12. The molecule has 0 aliphatic heterocycles. The summed E-state index contributed by atoms with van der Waals surface area (Å²) in [5.41, 5.74) is 0. The summed E-state index contributed by atoms with van der Waals surface area (Å²) < 4.78 is 46.7. The Hall–Kier alpha value is -1.63. The maximum absolute atomic E-state index is 13.4. The van der Waals surface area contributed by atoms with Crippen LogP contribution in [-0.2, 0) is 4.43 Å². The molecule has 2 rings (SSSR count). The molecule has 0 heterocycles. The Morgan fingerprint density at radius 2 is 1.30 bits per heavy atom. The highest BCUT2D eigenvalue weighted by Gasteiger charge is 2.54. The van der Waals surface area contributed by atoms with Crippen molar-refractivity contribution in [3.63, 3.8) is 0 Å². The van der Waals surface area contributed by atoms with Crippen molar-refractivity contribution in [3.8, 4) is 0 Å². The molecule has 148 valence electrons. The van der Waals surface area contributed by atoms with Crippen LogP contribution in [-0.4, -0.2) is 32.3 Å². The van der Waals surface area contributed by atoms with Crippen LogP contribution in [0.5, 0.6) is 0 Å². The number of hydrogen-bond donors (Lipinski definition) is 1. The molecule has 27 heavy (non-hydrogen) atoms. The molecular formula is C21H27F3O2Si. The predicted molar refractivity (Wildman–Crippen MR) is 105 cm³/mol. The maximum Gasteiger partial charge on any atom is 0.396 e. The van der Waals surface area contributed by atoms with Gasteiger partial charge in [-0.2, -0.15) is 13.2 Å². The summed E-state index contributed by atoms with van der Waals surface area (Å²) in [5.74, 6) is -1.93. The van der Waals surface area contributed by atoms with Gasteiger partial charge in [-0.3, -0.25) is 0 Å². The molecule has 0 aromatic heterocycles. The lowest BCUT2D eigenvalue weighted by molar-refractivity contribution is -0.204. The van der Waals surface area contributed by atoms with Gasteiger partial charge in [-0.15, -0.1) is 0 Å². The molecule has 2 aromatic carbocycles. The molecule has 2 nitrogen and oxygen atoms in total. The third-order valence-corrected chi connectivity index (χ3v) is 10.1. The van der Waals surface area contributed by atoms with Gasteiger partial charge in [0.1, 0.15) is 5.92 Å². The Morgan fingerprint density at radius 3 is 1.59 bits per heavy atom. The second-order valence-corrected chi connectivity index (χ2v) is 12.1. The average Bonchev–Trinajstić information content (AvgIpc) is 2.59. The summed E-state index contributed by atoms with van der Waals surface area (Å²) in [7, 11) is -3.08. The third-order valence-electron chi connectivity index (χ3n) is 4.96. The minimum absolute atomic E-state index is 0.421. The summed E-state index contributed by atoms with van der Waals surface area (Å²) >= 11 is 0. The van der Waals surface area contributed by atoms with E-state index < -0.39 is 38.2 Å². The Labute approximate surface area is 160 Å². The van der Waals surface area contributed by atoms with E-state index in [0.29, 0.717) is 0 Å². The molecule has 0 fully saturated rings. The van der Waals surface area contributed by atoms with E-state index in [4.69, 9.17) is 4.43 Å². The van der Waals surface area contributed by atoms with E-state index in [1.54, 1.807) is 0 Å². The summed E-state index contributed by atoms with van der Waals surface area (Å²) in [6.45, 7) is 6.44. The monoisotopic (exact) mass is 396 g/mol. The molecule has 0 radical (unpaired) electrons. The number of aliphatic hydroxyl groups excluding tert-OH is 1. The molecule has 0 saturated carbocycles. The molecule has 2 unspecified atom stereocenters. The van der Waals surface area contributed by atoms with E-state index in [-0.39, 0.29) is 0 Å². The van der Waals surface area contributed by atoms with Crippen molar-refractivity contribution in [2.75, 3.05) is 6.61 Å². The molecule has 0 amide bonds. The number of benzene rings is 2. The molecule has 0 aliphatic carbocycles. The van der Waals surface area contributed by atoms with Crippen LogP contribution in [0.2, 0.25) is 5.04 Å². The topological polar surface area (TPSA) is 29.5 Å². The fourth-order valence-corrected chi connectivity index (χ4v) is 8.31. The Morgan fingerprint density at radius 1 is 0.889 bits per heavy atom. The molecule has 0 bridgehead atoms. The van der Waals surface area contributed by atoms with Gasteiger partial charge in [-0.05, 0) is 22.3 Å². The first kappa shape index (κ1) is 21.7. The van der Waals surface area contributed by atoms with Crippen LogP contribution in [0.4, 0.5) is 13.2 Å². The van der Waals surface area contributed by atoms with Crippen LogP contribution in [0, 0.1) is 5.92 Å². The number of alkyl halides is 3.